The van der Waals surface area contributed by atoms with E-state index in [2.05, 4.69) is 35.6 Å². The SMILES string of the molecule is O=C(NCC1Cc2ccccc2CO1)C1(c2ccccc2)CCOCC1. The predicted molar refractivity (Wildman–Crippen MR) is 99.9 cm³/mol. The van der Waals surface area contributed by atoms with Gasteiger partial charge >= 0.3 is 0 Å². The summed E-state index contributed by atoms with van der Waals surface area (Å²) in [6.07, 6.45) is 2.31. The topological polar surface area (TPSA) is 47.6 Å². The molecule has 4 rings (SSSR count). The van der Waals surface area contributed by atoms with Gasteiger partial charge in [0.2, 0.25) is 5.91 Å². The largest absolute Gasteiger partial charge is 0.381 e. The molecule has 0 spiro atoms. The number of amides is 1. The average Bonchev–Trinajstić information content (AvgIpc) is 2.73. The molecular weight excluding hydrogens is 326 g/mol. The van der Waals surface area contributed by atoms with Gasteiger partial charge in [-0.05, 0) is 29.5 Å². The van der Waals surface area contributed by atoms with Crippen LogP contribution < -0.4 is 5.32 Å². The molecule has 4 heteroatoms. The molecule has 1 unspecified atom stereocenters. The average molecular weight is 351 g/mol. The second-order valence-electron chi connectivity index (χ2n) is 7.18. The Morgan fingerprint density at radius 1 is 1.00 bits per heavy atom. The van der Waals surface area contributed by atoms with Gasteiger partial charge in [0.25, 0.3) is 0 Å². The van der Waals surface area contributed by atoms with Crippen molar-refractivity contribution in [3.63, 3.8) is 0 Å². The Labute approximate surface area is 154 Å². The lowest BCUT2D eigenvalue weighted by Gasteiger charge is -2.37. The summed E-state index contributed by atoms with van der Waals surface area (Å²) in [6.45, 7) is 2.40. The number of carbonyl (C=O) groups excluding carboxylic acids is 1. The van der Waals surface area contributed by atoms with Crippen molar-refractivity contribution >= 4 is 5.91 Å². The molecule has 1 amide bonds. The van der Waals surface area contributed by atoms with E-state index in [4.69, 9.17) is 9.47 Å². The van der Waals surface area contributed by atoms with E-state index < -0.39 is 5.41 Å². The third-order valence-corrected chi connectivity index (χ3v) is 5.64. The van der Waals surface area contributed by atoms with Crippen molar-refractivity contribution in [2.24, 2.45) is 0 Å². The summed E-state index contributed by atoms with van der Waals surface area (Å²) in [5.74, 6) is 0.0921. The van der Waals surface area contributed by atoms with Crippen molar-refractivity contribution in [2.75, 3.05) is 19.8 Å². The van der Waals surface area contributed by atoms with Crippen LogP contribution in [0.3, 0.4) is 0 Å². The fraction of sp³-hybridized carbons (Fsp3) is 0.409. The van der Waals surface area contributed by atoms with Crippen LogP contribution in [0.5, 0.6) is 0 Å². The van der Waals surface area contributed by atoms with Crippen LogP contribution in [-0.2, 0) is 32.7 Å². The van der Waals surface area contributed by atoms with E-state index >= 15 is 0 Å². The number of hydrogen-bond acceptors (Lipinski definition) is 3. The van der Waals surface area contributed by atoms with E-state index in [0.717, 1.165) is 24.8 Å². The highest BCUT2D eigenvalue weighted by Gasteiger charge is 2.41. The molecule has 136 valence electrons. The number of rotatable bonds is 4. The van der Waals surface area contributed by atoms with Crippen molar-refractivity contribution < 1.29 is 14.3 Å². The predicted octanol–water partition coefficient (Wildman–Crippen LogP) is 2.99. The summed E-state index contributed by atoms with van der Waals surface area (Å²) >= 11 is 0. The van der Waals surface area contributed by atoms with Gasteiger partial charge in [-0.15, -0.1) is 0 Å². The molecule has 0 bridgehead atoms. The Balaban J connectivity index is 1.45. The molecule has 2 aromatic carbocycles. The van der Waals surface area contributed by atoms with Crippen LogP contribution in [0, 0.1) is 0 Å². The summed E-state index contributed by atoms with van der Waals surface area (Å²) in [6, 6.07) is 18.5. The highest BCUT2D eigenvalue weighted by atomic mass is 16.5. The molecular formula is C22H25NO3. The maximum absolute atomic E-state index is 13.2. The van der Waals surface area contributed by atoms with Crippen LogP contribution in [0.2, 0.25) is 0 Å². The zero-order chi connectivity index (χ0) is 17.8. The zero-order valence-corrected chi connectivity index (χ0v) is 14.9. The zero-order valence-electron chi connectivity index (χ0n) is 14.9. The molecule has 0 aromatic heterocycles. The van der Waals surface area contributed by atoms with Gasteiger partial charge in [-0.2, -0.15) is 0 Å². The van der Waals surface area contributed by atoms with Crippen molar-refractivity contribution in [3.8, 4) is 0 Å². The van der Waals surface area contributed by atoms with Gasteiger partial charge in [0.05, 0.1) is 18.1 Å². The first-order chi connectivity index (χ1) is 12.8. The number of benzene rings is 2. The first-order valence-corrected chi connectivity index (χ1v) is 9.38. The highest BCUT2D eigenvalue weighted by Crippen LogP contribution is 2.35. The Morgan fingerprint density at radius 3 is 2.46 bits per heavy atom. The lowest BCUT2D eigenvalue weighted by Crippen LogP contribution is -2.50. The standard InChI is InChI=1S/C22H25NO3/c24-21(22(10-12-25-13-11-22)19-8-2-1-3-9-19)23-15-20-14-17-6-4-5-7-18(17)16-26-20/h1-9,20H,10-16H2,(H,23,24). The van der Waals surface area contributed by atoms with Gasteiger partial charge in [0.15, 0.2) is 0 Å². The van der Waals surface area contributed by atoms with Gasteiger partial charge in [-0.3, -0.25) is 4.79 Å². The molecule has 2 aromatic rings. The minimum atomic E-state index is -0.494. The molecule has 2 aliphatic rings. The minimum Gasteiger partial charge on any atom is -0.381 e. The molecule has 1 fully saturated rings. The van der Waals surface area contributed by atoms with Crippen LogP contribution in [0.25, 0.3) is 0 Å². The number of nitrogens with one attached hydrogen (secondary N) is 1. The summed E-state index contributed by atoms with van der Waals surface area (Å²) in [5, 5.41) is 3.17. The number of carbonyl (C=O) groups is 1. The van der Waals surface area contributed by atoms with Crippen LogP contribution in [0.4, 0.5) is 0 Å². The van der Waals surface area contributed by atoms with Crippen molar-refractivity contribution in [2.45, 2.75) is 37.4 Å². The van der Waals surface area contributed by atoms with E-state index in [1.54, 1.807) is 0 Å². The van der Waals surface area contributed by atoms with E-state index in [0.29, 0.717) is 26.4 Å². The second kappa shape index (κ2) is 7.60. The summed E-state index contributed by atoms with van der Waals surface area (Å²) in [5.41, 5.74) is 3.16. The van der Waals surface area contributed by atoms with E-state index in [1.807, 2.05) is 24.3 Å². The fourth-order valence-corrected chi connectivity index (χ4v) is 4.04. The minimum absolute atomic E-state index is 0.0292. The lowest BCUT2D eigenvalue weighted by atomic mass is 9.73. The molecule has 0 saturated carbocycles. The number of hydrogen-bond donors (Lipinski definition) is 1. The second-order valence-corrected chi connectivity index (χ2v) is 7.18. The van der Waals surface area contributed by atoms with Crippen molar-refractivity contribution in [3.05, 3.63) is 71.3 Å². The molecule has 1 N–H and O–H groups in total. The van der Waals surface area contributed by atoms with Gasteiger partial charge < -0.3 is 14.8 Å². The molecule has 0 aliphatic carbocycles. The quantitative estimate of drug-likeness (QED) is 0.921. The van der Waals surface area contributed by atoms with Crippen LogP contribution >= 0.6 is 0 Å². The molecule has 2 heterocycles. The molecule has 0 radical (unpaired) electrons. The van der Waals surface area contributed by atoms with E-state index in [1.165, 1.54) is 11.1 Å². The molecule has 1 saturated heterocycles. The molecule has 4 nitrogen and oxygen atoms in total. The molecule has 2 aliphatic heterocycles. The fourth-order valence-electron chi connectivity index (χ4n) is 4.04. The Morgan fingerprint density at radius 2 is 1.69 bits per heavy atom. The lowest BCUT2D eigenvalue weighted by molar-refractivity contribution is -0.131. The summed E-state index contributed by atoms with van der Waals surface area (Å²) in [4.78, 5) is 13.2. The van der Waals surface area contributed by atoms with E-state index in [-0.39, 0.29) is 12.0 Å². The summed E-state index contributed by atoms with van der Waals surface area (Å²) in [7, 11) is 0. The smallest absolute Gasteiger partial charge is 0.230 e. The monoisotopic (exact) mass is 351 g/mol. The maximum Gasteiger partial charge on any atom is 0.230 e. The summed E-state index contributed by atoms with van der Waals surface area (Å²) < 4.78 is 11.5. The van der Waals surface area contributed by atoms with Gasteiger partial charge in [-0.1, -0.05) is 54.6 Å². The molecule has 1 atom stereocenters. The Hall–Kier alpha value is -2.17. The van der Waals surface area contributed by atoms with Crippen LogP contribution in [0.1, 0.15) is 29.5 Å². The Bertz CT molecular complexity index is 753. The first kappa shape index (κ1) is 17.3. The maximum atomic E-state index is 13.2. The van der Waals surface area contributed by atoms with Crippen LogP contribution in [-0.4, -0.2) is 31.8 Å². The third kappa shape index (κ3) is 3.39. The Kier molecular flexibility index (Phi) is 5.05. The van der Waals surface area contributed by atoms with Gasteiger partial charge in [-0.25, -0.2) is 0 Å². The number of fused-ring (bicyclic) bond motifs is 1. The molecule has 26 heavy (non-hydrogen) atoms. The van der Waals surface area contributed by atoms with Crippen molar-refractivity contribution in [1.29, 1.82) is 0 Å². The van der Waals surface area contributed by atoms with Crippen LogP contribution in [0.15, 0.2) is 54.6 Å². The normalized spacial score (nSPS) is 21.6. The van der Waals surface area contributed by atoms with E-state index in [9.17, 15) is 4.79 Å². The van der Waals surface area contributed by atoms with Gasteiger partial charge in [0.1, 0.15) is 0 Å². The highest BCUT2D eigenvalue weighted by molar-refractivity contribution is 5.88. The van der Waals surface area contributed by atoms with Crippen molar-refractivity contribution in [1.82, 2.24) is 5.32 Å². The first-order valence-electron chi connectivity index (χ1n) is 9.38. The third-order valence-electron chi connectivity index (χ3n) is 5.64. The number of ether oxygens (including phenoxy) is 2. The van der Waals surface area contributed by atoms with Gasteiger partial charge in [0, 0.05) is 26.2 Å².